The first-order valence-electron chi connectivity index (χ1n) is 12.6. The van der Waals surface area contributed by atoms with Crippen LogP contribution < -0.4 is 4.72 Å². The summed E-state index contributed by atoms with van der Waals surface area (Å²) in [7, 11) is -7.17. The predicted octanol–water partition coefficient (Wildman–Crippen LogP) is 3.15. The molecule has 12 heteroatoms. The molecule has 1 aromatic carbocycles. The highest BCUT2D eigenvalue weighted by Gasteiger charge is 2.49. The fourth-order valence-electron chi connectivity index (χ4n) is 5.87. The molecular formula is C25H30N6O4S2. The summed E-state index contributed by atoms with van der Waals surface area (Å²) in [4.78, 5) is 4.62. The Labute approximate surface area is 216 Å². The van der Waals surface area contributed by atoms with Gasteiger partial charge in [0.15, 0.2) is 11.3 Å². The summed E-state index contributed by atoms with van der Waals surface area (Å²) in [6.07, 6.45) is 6.64. The number of nitrogens with one attached hydrogen (secondary N) is 1. The number of sulfonamides is 1. The van der Waals surface area contributed by atoms with Crippen LogP contribution in [-0.4, -0.2) is 51.7 Å². The van der Waals surface area contributed by atoms with E-state index in [1.807, 2.05) is 11.3 Å². The van der Waals surface area contributed by atoms with Crippen molar-refractivity contribution >= 4 is 36.9 Å². The molecule has 0 aliphatic heterocycles. The van der Waals surface area contributed by atoms with Crippen LogP contribution in [0.5, 0.6) is 0 Å². The zero-order chi connectivity index (χ0) is 26.2. The van der Waals surface area contributed by atoms with Crippen LogP contribution in [0.15, 0.2) is 47.6 Å². The third-order valence-electron chi connectivity index (χ3n) is 8.05. The van der Waals surface area contributed by atoms with Crippen molar-refractivity contribution < 1.29 is 16.8 Å². The van der Waals surface area contributed by atoms with Crippen LogP contribution in [0.4, 0.5) is 0 Å². The smallest absolute Gasteiger partial charge is 0.269 e. The van der Waals surface area contributed by atoms with E-state index < -0.39 is 25.5 Å². The zero-order valence-electron chi connectivity index (χ0n) is 21.0. The van der Waals surface area contributed by atoms with Gasteiger partial charge < -0.3 is 0 Å². The van der Waals surface area contributed by atoms with E-state index in [4.69, 9.17) is 0 Å². The number of nitrogens with zero attached hydrogens (tertiary/aromatic N) is 5. The van der Waals surface area contributed by atoms with Crippen LogP contribution in [0, 0.1) is 12.8 Å². The van der Waals surface area contributed by atoms with Crippen LogP contribution in [0.1, 0.15) is 57.3 Å². The largest absolute Gasteiger partial charge is 0.274 e. The minimum atomic E-state index is -3.86. The Kier molecular flexibility index (Phi) is 5.52. The first kappa shape index (κ1) is 24.5. The number of rotatable bonds is 7. The first-order chi connectivity index (χ1) is 17.5. The first-order valence-corrected chi connectivity index (χ1v) is 15.6. The van der Waals surface area contributed by atoms with Gasteiger partial charge in [-0.1, -0.05) is 38.0 Å². The van der Waals surface area contributed by atoms with Crippen LogP contribution in [0.3, 0.4) is 0 Å². The summed E-state index contributed by atoms with van der Waals surface area (Å²) in [6, 6.07) is 8.25. The van der Waals surface area contributed by atoms with E-state index >= 15 is 0 Å². The molecule has 0 bridgehead atoms. The average Bonchev–Trinajstić information content (AvgIpc) is 3.36. The van der Waals surface area contributed by atoms with Crippen molar-refractivity contribution in [3.8, 4) is 0 Å². The molecule has 0 amide bonds. The third-order valence-corrected chi connectivity index (χ3v) is 11.7. The molecule has 3 atom stereocenters. The van der Waals surface area contributed by atoms with E-state index in [9.17, 15) is 16.8 Å². The topological polar surface area (TPSA) is 128 Å². The molecule has 4 aromatic rings. The summed E-state index contributed by atoms with van der Waals surface area (Å²) in [5.41, 5.74) is 1.90. The number of hydrogen-bond donors (Lipinski definition) is 1. The predicted molar refractivity (Wildman–Crippen MR) is 139 cm³/mol. The molecule has 10 nitrogen and oxygen atoms in total. The molecule has 2 saturated carbocycles. The fourth-order valence-corrected chi connectivity index (χ4v) is 8.76. The van der Waals surface area contributed by atoms with Crippen molar-refractivity contribution in [1.82, 2.24) is 28.3 Å². The standard InChI is InChI=1S/C25H30N6O4S2/c1-4-17-13-18(29-36(32,33)19-9-10-19)14-25(17,3)24-28-27-22-15-26-23-21(31(22)24)11-12-30(23)37(34,35)20-7-5-16(2)6-8-20/h5-8,11-12,15,17-19,29H,4,9-10,13-14H2,1-3H3/t17-,18+,25+/m0/s1. The van der Waals surface area contributed by atoms with Gasteiger partial charge in [0.2, 0.25) is 10.0 Å². The van der Waals surface area contributed by atoms with Crippen LogP contribution in [-0.2, 0) is 25.5 Å². The number of fused-ring (bicyclic) bond motifs is 3. The van der Waals surface area contributed by atoms with E-state index in [2.05, 4.69) is 33.8 Å². The molecular weight excluding hydrogens is 512 g/mol. The number of aromatic nitrogens is 5. The minimum Gasteiger partial charge on any atom is -0.274 e. The second-order valence-corrected chi connectivity index (χ2v) is 14.4. The van der Waals surface area contributed by atoms with Gasteiger partial charge in [-0.3, -0.25) is 4.40 Å². The molecule has 2 aliphatic carbocycles. The van der Waals surface area contributed by atoms with Gasteiger partial charge in [0.1, 0.15) is 5.82 Å². The Morgan fingerprint density at radius 2 is 1.81 bits per heavy atom. The van der Waals surface area contributed by atoms with Gasteiger partial charge in [-0.05, 0) is 56.7 Å². The summed E-state index contributed by atoms with van der Waals surface area (Å²) in [6.45, 7) is 6.11. The van der Waals surface area contributed by atoms with Crippen molar-refractivity contribution in [2.45, 2.75) is 74.5 Å². The van der Waals surface area contributed by atoms with Crippen molar-refractivity contribution in [3.63, 3.8) is 0 Å². The maximum absolute atomic E-state index is 13.5. The lowest BCUT2D eigenvalue weighted by atomic mass is 9.77. The number of hydrogen-bond acceptors (Lipinski definition) is 7. The molecule has 1 N–H and O–H groups in total. The Hall–Kier alpha value is -2.83. The molecule has 196 valence electrons. The second-order valence-electron chi connectivity index (χ2n) is 10.6. The highest BCUT2D eigenvalue weighted by atomic mass is 32.2. The molecule has 3 heterocycles. The van der Waals surface area contributed by atoms with E-state index in [0.717, 1.165) is 24.8 Å². The fraction of sp³-hybridized carbons (Fsp3) is 0.480. The van der Waals surface area contributed by atoms with E-state index in [1.165, 1.54) is 16.4 Å². The lowest BCUT2D eigenvalue weighted by Crippen LogP contribution is -2.36. The molecule has 2 aliphatic rings. The zero-order valence-corrected chi connectivity index (χ0v) is 22.6. The van der Waals surface area contributed by atoms with Crippen molar-refractivity contribution in [1.29, 1.82) is 0 Å². The SMILES string of the molecule is CC[C@H]1C[C@@H](NS(=O)(=O)C2CC2)C[C@@]1(C)c1nnc2cnc3c(ccn3S(=O)(=O)c3ccc(C)cc3)n12. The van der Waals surface area contributed by atoms with Crippen LogP contribution in [0.2, 0.25) is 0 Å². The van der Waals surface area contributed by atoms with Gasteiger partial charge in [0.25, 0.3) is 10.0 Å². The molecule has 0 radical (unpaired) electrons. The number of aryl methyl sites for hydroxylation is 1. The van der Waals surface area contributed by atoms with Crippen molar-refractivity contribution in [2.24, 2.45) is 5.92 Å². The van der Waals surface area contributed by atoms with E-state index in [-0.39, 0.29) is 27.8 Å². The van der Waals surface area contributed by atoms with Gasteiger partial charge in [-0.2, -0.15) is 0 Å². The van der Waals surface area contributed by atoms with Crippen LogP contribution in [0.25, 0.3) is 16.8 Å². The van der Waals surface area contributed by atoms with E-state index in [1.54, 1.807) is 30.3 Å². The highest BCUT2D eigenvalue weighted by molar-refractivity contribution is 7.90. The number of benzene rings is 1. The summed E-state index contributed by atoms with van der Waals surface area (Å²) in [5, 5.41) is 8.64. The maximum atomic E-state index is 13.5. The monoisotopic (exact) mass is 542 g/mol. The highest BCUT2D eigenvalue weighted by Crippen LogP contribution is 2.47. The Morgan fingerprint density at radius 3 is 2.49 bits per heavy atom. The lowest BCUT2D eigenvalue weighted by molar-refractivity contribution is 0.315. The molecule has 37 heavy (non-hydrogen) atoms. The van der Waals surface area contributed by atoms with Gasteiger partial charge in [-0.15, -0.1) is 10.2 Å². The Morgan fingerprint density at radius 1 is 1.08 bits per heavy atom. The van der Waals surface area contributed by atoms with E-state index in [0.29, 0.717) is 29.8 Å². The van der Waals surface area contributed by atoms with Crippen LogP contribution >= 0.6 is 0 Å². The summed E-state index contributed by atoms with van der Waals surface area (Å²) < 4.78 is 58.2. The Balaban J connectivity index is 1.44. The molecule has 2 fully saturated rings. The average molecular weight is 543 g/mol. The minimum absolute atomic E-state index is 0.174. The summed E-state index contributed by atoms with van der Waals surface area (Å²) in [5.74, 6) is 0.869. The quantitative estimate of drug-likeness (QED) is 0.380. The van der Waals surface area contributed by atoms with Gasteiger partial charge in [0, 0.05) is 17.7 Å². The lowest BCUT2D eigenvalue weighted by Gasteiger charge is -2.29. The Bertz CT molecular complexity index is 1720. The van der Waals surface area contributed by atoms with Gasteiger partial charge >= 0.3 is 0 Å². The molecule has 0 unspecified atom stereocenters. The maximum Gasteiger partial charge on any atom is 0.269 e. The van der Waals surface area contributed by atoms with Gasteiger partial charge in [-0.25, -0.2) is 30.5 Å². The molecule has 3 aromatic heterocycles. The normalized spacial score (nSPS) is 24.8. The van der Waals surface area contributed by atoms with Gasteiger partial charge in [0.05, 0.1) is 21.9 Å². The summed E-state index contributed by atoms with van der Waals surface area (Å²) >= 11 is 0. The van der Waals surface area contributed by atoms with Crippen molar-refractivity contribution in [2.75, 3.05) is 0 Å². The molecule has 0 spiro atoms. The second kappa shape index (κ2) is 8.34. The molecule has 0 saturated heterocycles. The third kappa shape index (κ3) is 3.88. The van der Waals surface area contributed by atoms with Crippen molar-refractivity contribution in [3.05, 3.63) is 54.1 Å². The molecule has 6 rings (SSSR count).